The molecule has 0 aromatic carbocycles. The molecule has 0 radical (unpaired) electrons. The maximum Gasteiger partial charge on any atom is 0.403 e. The van der Waals surface area contributed by atoms with Crippen LogP contribution in [0.15, 0.2) is 0 Å². The predicted molar refractivity (Wildman–Crippen MR) is 58.5 cm³/mol. The van der Waals surface area contributed by atoms with E-state index in [1.807, 2.05) is 0 Å². The molecule has 0 amide bonds. The van der Waals surface area contributed by atoms with E-state index in [1.54, 1.807) is 0 Å². The van der Waals surface area contributed by atoms with Crippen LogP contribution in [0.4, 0.5) is 0 Å². The molecular weight excluding hydrogens is 213 g/mol. The Kier molecular flexibility index (Phi) is 3.83. The zero-order valence-corrected chi connectivity index (χ0v) is 9.96. The van der Waals surface area contributed by atoms with Crippen molar-refractivity contribution in [1.29, 1.82) is 0 Å². The van der Waals surface area contributed by atoms with E-state index in [-0.39, 0.29) is 12.2 Å². The van der Waals surface area contributed by atoms with Crippen LogP contribution in [0.1, 0.15) is 51.4 Å². The van der Waals surface area contributed by atoms with Crippen molar-refractivity contribution in [3.63, 3.8) is 0 Å². The van der Waals surface area contributed by atoms with Gasteiger partial charge in [-0.05, 0) is 25.7 Å². The number of rotatable bonds is 4. The van der Waals surface area contributed by atoms with Crippen molar-refractivity contribution in [3.8, 4) is 0 Å². The number of nitrogens with two attached hydrogens (primary N) is 1. The summed E-state index contributed by atoms with van der Waals surface area (Å²) in [4.78, 5) is 0. The first-order valence-corrected chi connectivity index (χ1v) is 7.52. The fraction of sp³-hybridized carbons (Fsp3) is 1.00. The summed E-state index contributed by atoms with van der Waals surface area (Å²) in [5.74, 6) is 0. The van der Waals surface area contributed by atoms with Gasteiger partial charge >= 0.3 is 7.75 Å². The average molecular weight is 233 g/mol. The van der Waals surface area contributed by atoms with E-state index in [2.05, 4.69) is 0 Å². The molecule has 5 heteroatoms. The van der Waals surface area contributed by atoms with Gasteiger partial charge in [0.15, 0.2) is 0 Å². The largest absolute Gasteiger partial charge is 0.403 e. The minimum Gasteiger partial charge on any atom is -0.294 e. The Labute approximate surface area is 91.1 Å². The molecule has 2 N–H and O–H groups in total. The van der Waals surface area contributed by atoms with Crippen molar-refractivity contribution in [2.45, 2.75) is 63.6 Å². The summed E-state index contributed by atoms with van der Waals surface area (Å²) in [5, 5.41) is 0. The molecule has 15 heavy (non-hydrogen) atoms. The molecule has 0 spiro atoms. The summed E-state index contributed by atoms with van der Waals surface area (Å²) < 4.78 is 22.6. The van der Waals surface area contributed by atoms with E-state index in [0.717, 1.165) is 51.4 Å². The smallest absolute Gasteiger partial charge is 0.294 e. The summed E-state index contributed by atoms with van der Waals surface area (Å²) >= 11 is 0. The molecule has 2 saturated carbocycles. The van der Waals surface area contributed by atoms with Gasteiger partial charge in [-0.3, -0.25) is 9.05 Å². The standard InChI is InChI=1S/C10H20NO3P/c11-15(12,13-9-5-1-2-6-9)14-10-7-3-4-8-10/h9-10H,1-8H2,(H2,11,12). The van der Waals surface area contributed by atoms with Gasteiger partial charge in [0, 0.05) is 0 Å². The molecule has 0 unspecified atom stereocenters. The highest BCUT2D eigenvalue weighted by Crippen LogP contribution is 2.46. The van der Waals surface area contributed by atoms with Crippen molar-refractivity contribution in [1.82, 2.24) is 0 Å². The molecule has 2 rings (SSSR count). The fourth-order valence-corrected chi connectivity index (χ4v) is 3.73. The summed E-state index contributed by atoms with van der Waals surface area (Å²) in [7, 11) is -3.29. The summed E-state index contributed by atoms with van der Waals surface area (Å²) in [6, 6.07) is 0. The zero-order chi connectivity index (χ0) is 10.7. The van der Waals surface area contributed by atoms with Gasteiger partial charge in [0.05, 0.1) is 12.2 Å². The maximum atomic E-state index is 11.9. The zero-order valence-electron chi connectivity index (χ0n) is 9.06. The molecule has 0 aromatic rings. The Bertz CT molecular complexity index is 225. The second-order valence-electron chi connectivity index (χ2n) is 4.56. The van der Waals surface area contributed by atoms with Gasteiger partial charge < -0.3 is 0 Å². The van der Waals surface area contributed by atoms with Gasteiger partial charge in [-0.15, -0.1) is 0 Å². The Morgan fingerprint density at radius 1 is 0.867 bits per heavy atom. The van der Waals surface area contributed by atoms with Gasteiger partial charge in [0.1, 0.15) is 0 Å². The molecule has 88 valence electrons. The van der Waals surface area contributed by atoms with Gasteiger partial charge in [-0.1, -0.05) is 25.7 Å². The third kappa shape index (κ3) is 3.56. The van der Waals surface area contributed by atoms with Crippen LogP contribution in [0.25, 0.3) is 0 Å². The van der Waals surface area contributed by atoms with Crippen LogP contribution < -0.4 is 5.50 Å². The van der Waals surface area contributed by atoms with Crippen LogP contribution in [0.3, 0.4) is 0 Å². The molecule has 0 heterocycles. The highest BCUT2D eigenvalue weighted by molar-refractivity contribution is 7.51. The van der Waals surface area contributed by atoms with Crippen LogP contribution in [0, 0.1) is 0 Å². The first-order chi connectivity index (χ1) is 7.16. The van der Waals surface area contributed by atoms with Crippen molar-refractivity contribution < 1.29 is 13.6 Å². The van der Waals surface area contributed by atoms with E-state index >= 15 is 0 Å². The van der Waals surface area contributed by atoms with Crippen LogP contribution >= 0.6 is 7.75 Å². The SMILES string of the molecule is NP(=O)(OC1CCCC1)OC1CCCC1. The average Bonchev–Trinajstić information content (AvgIpc) is 2.75. The lowest BCUT2D eigenvalue weighted by Crippen LogP contribution is -2.16. The van der Waals surface area contributed by atoms with Crippen LogP contribution in [-0.4, -0.2) is 12.2 Å². The van der Waals surface area contributed by atoms with Crippen molar-refractivity contribution in [2.24, 2.45) is 5.50 Å². The van der Waals surface area contributed by atoms with Gasteiger partial charge in [0.25, 0.3) is 0 Å². The van der Waals surface area contributed by atoms with E-state index < -0.39 is 7.75 Å². The second-order valence-corrected chi connectivity index (χ2v) is 6.06. The molecule has 0 saturated heterocycles. The lowest BCUT2D eigenvalue weighted by molar-refractivity contribution is 0.118. The Balaban J connectivity index is 1.79. The predicted octanol–water partition coefficient (Wildman–Crippen LogP) is 2.97. The molecule has 4 nitrogen and oxygen atoms in total. The Morgan fingerprint density at radius 3 is 1.53 bits per heavy atom. The normalized spacial score (nSPS) is 25.1. The third-order valence-electron chi connectivity index (χ3n) is 3.20. The van der Waals surface area contributed by atoms with Crippen LogP contribution in [-0.2, 0) is 13.6 Å². The highest BCUT2D eigenvalue weighted by atomic mass is 31.2. The van der Waals surface area contributed by atoms with Crippen LogP contribution in [0.5, 0.6) is 0 Å². The Hall–Kier alpha value is 0.110. The van der Waals surface area contributed by atoms with Gasteiger partial charge in [-0.2, -0.15) is 0 Å². The van der Waals surface area contributed by atoms with Crippen molar-refractivity contribution >= 4 is 7.75 Å². The first kappa shape index (κ1) is 11.6. The molecule has 2 aliphatic carbocycles. The first-order valence-electron chi connectivity index (χ1n) is 5.91. The molecule has 0 aromatic heterocycles. The lowest BCUT2D eigenvalue weighted by Gasteiger charge is -2.21. The molecule has 0 atom stereocenters. The minimum atomic E-state index is -3.29. The summed E-state index contributed by atoms with van der Waals surface area (Å²) in [6.45, 7) is 0. The van der Waals surface area contributed by atoms with Crippen molar-refractivity contribution in [3.05, 3.63) is 0 Å². The third-order valence-corrected chi connectivity index (χ3v) is 4.38. The molecule has 2 aliphatic rings. The van der Waals surface area contributed by atoms with E-state index in [0.29, 0.717) is 0 Å². The molecular formula is C10H20NO3P. The van der Waals surface area contributed by atoms with Gasteiger partial charge in [-0.25, -0.2) is 10.1 Å². The molecule has 2 fully saturated rings. The maximum absolute atomic E-state index is 11.9. The summed E-state index contributed by atoms with van der Waals surface area (Å²) in [5.41, 5.74) is 5.59. The topological polar surface area (TPSA) is 61.6 Å². The van der Waals surface area contributed by atoms with Gasteiger partial charge in [0.2, 0.25) is 0 Å². The fourth-order valence-electron chi connectivity index (χ4n) is 2.43. The second kappa shape index (κ2) is 4.96. The van der Waals surface area contributed by atoms with Crippen LogP contribution in [0.2, 0.25) is 0 Å². The van der Waals surface area contributed by atoms with E-state index in [4.69, 9.17) is 14.6 Å². The van der Waals surface area contributed by atoms with E-state index in [1.165, 1.54) is 0 Å². The van der Waals surface area contributed by atoms with E-state index in [9.17, 15) is 4.57 Å². The summed E-state index contributed by atoms with van der Waals surface area (Å²) in [6.07, 6.45) is 8.57. The molecule has 0 bridgehead atoms. The Morgan fingerprint density at radius 2 is 1.20 bits per heavy atom. The monoisotopic (exact) mass is 233 g/mol. The number of hydrogen-bond donors (Lipinski definition) is 1. The number of hydrogen-bond acceptors (Lipinski definition) is 3. The minimum absolute atomic E-state index is 0.0576. The highest BCUT2D eigenvalue weighted by Gasteiger charge is 2.30. The van der Waals surface area contributed by atoms with Crippen molar-refractivity contribution in [2.75, 3.05) is 0 Å². The quantitative estimate of drug-likeness (QED) is 0.758. The lowest BCUT2D eigenvalue weighted by atomic mass is 10.3. The molecule has 0 aliphatic heterocycles.